The van der Waals surface area contributed by atoms with Gasteiger partial charge in [0.1, 0.15) is 11.8 Å². The number of hydrogen-bond donors (Lipinski definition) is 1. The van der Waals surface area contributed by atoms with Crippen LogP contribution < -0.4 is 4.74 Å². The number of amides is 1. The van der Waals surface area contributed by atoms with Gasteiger partial charge >= 0.3 is 0 Å². The largest absolute Gasteiger partial charge is 0.496 e. The summed E-state index contributed by atoms with van der Waals surface area (Å²) in [5, 5.41) is 19.8. The maximum Gasteiger partial charge on any atom is 0.227 e. The first-order valence-electron chi connectivity index (χ1n) is 9.26. The second kappa shape index (κ2) is 7.05. The van der Waals surface area contributed by atoms with Crippen molar-refractivity contribution in [3.63, 3.8) is 0 Å². The third-order valence-corrected chi connectivity index (χ3v) is 5.63. The molecule has 1 amide bonds. The molecule has 0 unspecified atom stereocenters. The Balaban J connectivity index is 1.75. The van der Waals surface area contributed by atoms with Crippen molar-refractivity contribution in [2.45, 2.75) is 30.8 Å². The van der Waals surface area contributed by atoms with Gasteiger partial charge < -0.3 is 14.7 Å². The number of carbonyl (C=O) groups excluding carboxylic acids is 1. The van der Waals surface area contributed by atoms with Crippen molar-refractivity contribution in [2.75, 3.05) is 13.7 Å². The van der Waals surface area contributed by atoms with Gasteiger partial charge in [-0.3, -0.25) is 4.79 Å². The number of ether oxygens (including phenoxy) is 1. The van der Waals surface area contributed by atoms with E-state index >= 15 is 0 Å². The molecule has 3 atom stereocenters. The molecule has 2 aliphatic rings. The molecule has 1 aliphatic heterocycles. The monoisotopic (exact) mass is 362 g/mol. The molecule has 2 fully saturated rings. The van der Waals surface area contributed by atoms with Gasteiger partial charge in [-0.15, -0.1) is 0 Å². The summed E-state index contributed by atoms with van der Waals surface area (Å²) in [6, 6.07) is 17.0. The minimum Gasteiger partial charge on any atom is -0.496 e. The molecule has 1 saturated heterocycles. The van der Waals surface area contributed by atoms with Gasteiger partial charge in [-0.25, -0.2) is 0 Å². The number of methoxy groups -OCH3 is 1. The molecular formula is C22H22N2O3. The number of likely N-dealkylation sites (tertiary alicyclic amines) is 1. The number of aliphatic hydroxyl groups excluding tert-OH is 1. The molecule has 2 aromatic rings. The number of carbonyl (C=O) groups is 1. The van der Waals surface area contributed by atoms with Crippen LogP contribution in [-0.2, 0) is 4.79 Å². The predicted octanol–water partition coefficient (Wildman–Crippen LogP) is 2.95. The average Bonchev–Trinajstić information content (AvgIpc) is 3.53. The van der Waals surface area contributed by atoms with Gasteiger partial charge in [-0.2, -0.15) is 5.26 Å². The Morgan fingerprint density at radius 3 is 2.48 bits per heavy atom. The number of benzene rings is 2. The van der Waals surface area contributed by atoms with E-state index in [0.717, 1.165) is 35.3 Å². The number of nitrogens with zero attached hydrogens (tertiary/aromatic N) is 2. The Labute approximate surface area is 158 Å². The standard InChI is InChI=1S/C22H22N2O3/c1-27-20-9-5-4-7-16(20)15-6-2-3-8-17(15)21-18(12-23)24(19(21)13-25)22(26)14-10-11-14/h2-9,14,18-19,21,25H,10-11,13H2,1H3/t18-,19+,21-/m0/s1. The maximum absolute atomic E-state index is 12.6. The van der Waals surface area contributed by atoms with E-state index in [2.05, 4.69) is 6.07 Å². The van der Waals surface area contributed by atoms with E-state index in [9.17, 15) is 15.2 Å². The lowest BCUT2D eigenvalue weighted by Crippen LogP contribution is -2.65. The van der Waals surface area contributed by atoms with Crippen molar-refractivity contribution >= 4 is 5.91 Å². The lowest BCUT2D eigenvalue weighted by Gasteiger charge is -2.52. The van der Waals surface area contributed by atoms with Crippen LogP contribution in [-0.4, -0.2) is 41.7 Å². The Kier molecular flexibility index (Phi) is 4.59. The summed E-state index contributed by atoms with van der Waals surface area (Å²) < 4.78 is 5.51. The molecule has 2 aromatic carbocycles. The molecule has 1 N–H and O–H groups in total. The molecule has 0 spiro atoms. The summed E-state index contributed by atoms with van der Waals surface area (Å²) in [5.74, 6) is 0.569. The van der Waals surface area contributed by atoms with Crippen molar-refractivity contribution in [3.8, 4) is 22.9 Å². The van der Waals surface area contributed by atoms with Crippen molar-refractivity contribution in [2.24, 2.45) is 5.92 Å². The van der Waals surface area contributed by atoms with Crippen LogP contribution in [0.25, 0.3) is 11.1 Å². The highest BCUT2D eigenvalue weighted by molar-refractivity contribution is 5.84. The molecule has 5 heteroatoms. The fourth-order valence-electron chi connectivity index (χ4n) is 4.12. The highest BCUT2D eigenvalue weighted by Crippen LogP contribution is 2.47. The van der Waals surface area contributed by atoms with E-state index in [4.69, 9.17) is 4.74 Å². The lowest BCUT2D eigenvalue weighted by atomic mass is 9.73. The zero-order chi connectivity index (χ0) is 19.0. The quantitative estimate of drug-likeness (QED) is 0.887. The first kappa shape index (κ1) is 17.6. The zero-order valence-corrected chi connectivity index (χ0v) is 15.2. The summed E-state index contributed by atoms with van der Waals surface area (Å²) >= 11 is 0. The van der Waals surface area contributed by atoms with Gasteiger partial charge in [0.15, 0.2) is 0 Å². The van der Waals surface area contributed by atoms with E-state index in [1.165, 1.54) is 0 Å². The second-order valence-electron chi connectivity index (χ2n) is 7.16. The SMILES string of the molecule is COc1ccccc1-c1ccccc1[C@@H]1[C@@H](CO)N(C(=O)C2CC2)[C@H]1C#N. The van der Waals surface area contributed by atoms with Crippen molar-refractivity contribution in [1.82, 2.24) is 4.90 Å². The molecule has 138 valence electrons. The Hall–Kier alpha value is -2.84. The number of para-hydroxylation sites is 1. The fraction of sp³-hybridized carbons (Fsp3) is 0.364. The van der Waals surface area contributed by atoms with E-state index in [0.29, 0.717) is 0 Å². The third kappa shape index (κ3) is 2.87. The molecule has 0 bridgehead atoms. The molecule has 1 aliphatic carbocycles. The van der Waals surface area contributed by atoms with Crippen molar-refractivity contribution in [3.05, 3.63) is 54.1 Å². The molecule has 4 rings (SSSR count). The van der Waals surface area contributed by atoms with Crippen LogP contribution in [0, 0.1) is 17.2 Å². The van der Waals surface area contributed by atoms with Gasteiger partial charge in [-0.1, -0.05) is 42.5 Å². The number of nitriles is 1. The third-order valence-electron chi connectivity index (χ3n) is 5.63. The van der Waals surface area contributed by atoms with Crippen molar-refractivity contribution in [1.29, 1.82) is 5.26 Å². The highest BCUT2D eigenvalue weighted by atomic mass is 16.5. The van der Waals surface area contributed by atoms with E-state index in [1.54, 1.807) is 12.0 Å². The smallest absolute Gasteiger partial charge is 0.227 e. The minimum atomic E-state index is -0.550. The van der Waals surface area contributed by atoms with Crippen molar-refractivity contribution < 1.29 is 14.6 Å². The van der Waals surface area contributed by atoms with Crippen LogP contribution in [0.5, 0.6) is 5.75 Å². The van der Waals surface area contributed by atoms with Gasteiger partial charge in [-0.05, 0) is 30.0 Å². The molecule has 1 saturated carbocycles. The van der Waals surface area contributed by atoms with Crippen LogP contribution in [0.2, 0.25) is 0 Å². The first-order valence-corrected chi connectivity index (χ1v) is 9.26. The summed E-state index contributed by atoms with van der Waals surface area (Å²) in [6.45, 7) is -0.151. The Bertz CT molecular complexity index is 900. The van der Waals surface area contributed by atoms with Gasteiger partial charge in [0.25, 0.3) is 0 Å². The van der Waals surface area contributed by atoms with Gasteiger partial charge in [0, 0.05) is 17.4 Å². The Morgan fingerprint density at radius 2 is 1.85 bits per heavy atom. The zero-order valence-electron chi connectivity index (χ0n) is 15.2. The van der Waals surface area contributed by atoms with Gasteiger partial charge in [0.05, 0.1) is 25.8 Å². The lowest BCUT2D eigenvalue weighted by molar-refractivity contribution is -0.148. The van der Waals surface area contributed by atoms with Crippen LogP contribution in [0.4, 0.5) is 0 Å². The molecule has 0 aromatic heterocycles. The highest BCUT2D eigenvalue weighted by Gasteiger charge is 2.54. The number of rotatable bonds is 5. The second-order valence-corrected chi connectivity index (χ2v) is 7.16. The molecule has 1 heterocycles. The molecule has 0 radical (unpaired) electrons. The average molecular weight is 362 g/mol. The maximum atomic E-state index is 12.6. The topological polar surface area (TPSA) is 73.6 Å². The van der Waals surface area contributed by atoms with E-state index in [1.807, 2.05) is 48.5 Å². The van der Waals surface area contributed by atoms with Crippen LogP contribution in [0.15, 0.2) is 48.5 Å². The molecule has 5 nitrogen and oxygen atoms in total. The van der Waals surface area contributed by atoms with E-state index < -0.39 is 6.04 Å². The molecular weight excluding hydrogens is 340 g/mol. The summed E-state index contributed by atoms with van der Waals surface area (Å²) in [7, 11) is 1.63. The normalized spacial score (nSPS) is 24.0. The minimum absolute atomic E-state index is 0.00613. The molecule has 27 heavy (non-hydrogen) atoms. The predicted molar refractivity (Wildman–Crippen MR) is 101 cm³/mol. The number of hydrogen-bond acceptors (Lipinski definition) is 4. The Morgan fingerprint density at radius 1 is 1.19 bits per heavy atom. The van der Waals surface area contributed by atoms with Gasteiger partial charge in [0.2, 0.25) is 5.91 Å². The van der Waals surface area contributed by atoms with E-state index in [-0.39, 0.29) is 30.4 Å². The van der Waals surface area contributed by atoms with Crippen LogP contribution >= 0.6 is 0 Å². The fourth-order valence-corrected chi connectivity index (χ4v) is 4.12. The van der Waals surface area contributed by atoms with Crippen LogP contribution in [0.1, 0.15) is 24.3 Å². The summed E-state index contributed by atoms with van der Waals surface area (Å²) in [5.41, 5.74) is 2.88. The first-order chi connectivity index (χ1) is 13.2. The number of aliphatic hydroxyl groups is 1. The summed E-state index contributed by atoms with van der Waals surface area (Å²) in [4.78, 5) is 14.2. The van der Waals surface area contributed by atoms with Crippen LogP contribution in [0.3, 0.4) is 0 Å². The summed E-state index contributed by atoms with van der Waals surface area (Å²) in [6.07, 6.45) is 1.77.